The van der Waals surface area contributed by atoms with Crippen molar-refractivity contribution in [2.24, 2.45) is 0 Å². The highest BCUT2D eigenvalue weighted by Gasteiger charge is 2.09. The zero-order valence-corrected chi connectivity index (χ0v) is 16.2. The highest BCUT2D eigenvalue weighted by atomic mass is 19.1. The number of nitrogens with one attached hydrogen (secondary N) is 1. The van der Waals surface area contributed by atoms with Crippen LogP contribution in [0.25, 0.3) is 0 Å². The Morgan fingerprint density at radius 1 is 1.24 bits per heavy atom. The van der Waals surface area contributed by atoms with Crippen LogP contribution in [0.15, 0.2) is 54.7 Å². The zero-order chi connectivity index (χ0) is 20.8. The fourth-order valence-corrected chi connectivity index (χ4v) is 2.87. The lowest BCUT2D eigenvalue weighted by Crippen LogP contribution is -2.15. The Hall–Kier alpha value is -3.50. The van der Waals surface area contributed by atoms with Crippen molar-refractivity contribution < 1.29 is 13.9 Å². The lowest BCUT2D eigenvalue weighted by Gasteiger charge is -2.10. The largest absolute Gasteiger partial charge is 0.377 e. The fraction of sp³-hybridized carbons (Fsp3) is 0.227. The van der Waals surface area contributed by atoms with Gasteiger partial charge in [0.25, 0.3) is 0 Å². The maximum absolute atomic E-state index is 13.4. The van der Waals surface area contributed by atoms with E-state index in [0.29, 0.717) is 12.4 Å². The summed E-state index contributed by atoms with van der Waals surface area (Å²) in [5.41, 5.74) is 2.68. The molecule has 0 fully saturated rings. The summed E-state index contributed by atoms with van der Waals surface area (Å²) in [5, 5.41) is 16.0. The van der Waals surface area contributed by atoms with E-state index in [9.17, 15) is 9.18 Å². The van der Waals surface area contributed by atoms with Crippen LogP contribution in [0.5, 0.6) is 0 Å². The van der Waals surface area contributed by atoms with E-state index in [-0.39, 0.29) is 24.0 Å². The number of rotatable bonds is 7. The van der Waals surface area contributed by atoms with Crippen LogP contribution in [0.2, 0.25) is 0 Å². The van der Waals surface area contributed by atoms with E-state index in [1.807, 2.05) is 37.3 Å². The molecule has 1 aromatic heterocycles. The zero-order valence-electron chi connectivity index (χ0n) is 16.2. The van der Waals surface area contributed by atoms with Gasteiger partial charge in [-0.1, -0.05) is 30.3 Å². The summed E-state index contributed by atoms with van der Waals surface area (Å²) in [7, 11) is 1.66. The monoisotopic (exact) mass is 392 g/mol. The van der Waals surface area contributed by atoms with Crippen LogP contribution in [-0.2, 0) is 22.5 Å². The van der Waals surface area contributed by atoms with Crippen molar-refractivity contribution in [2.75, 3.05) is 12.4 Å². The van der Waals surface area contributed by atoms with Gasteiger partial charge in [-0.15, -0.1) is 0 Å². The number of nitriles is 1. The third-order valence-electron chi connectivity index (χ3n) is 4.57. The molecule has 0 saturated carbocycles. The minimum absolute atomic E-state index is 0.00547. The highest BCUT2D eigenvalue weighted by molar-refractivity contribution is 5.91. The van der Waals surface area contributed by atoms with Crippen LogP contribution in [0.1, 0.15) is 35.3 Å². The van der Waals surface area contributed by atoms with Gasteiger partial charge in [0.15, 0.2) is 5.82 Å². The van der Waals surface area contributed by atoms with E-state index in [1.54, 1.807) is 30.1 Å². The summed E-state index contributed by atoms with van der Waals surface area (Å²) in [6.45, 7) is 2.33. The maximum atomic E-state index is 13.4. The number of hydrogen-bond donors (Lipinski definition) is 1. The molecule has 148 valence electrons. The lowest BCUT2D eigenvalue weighted by molar-refractivity contribution is -0.115. The normalized spacial score (nSPS) is 11.7. The molecule has 0 aliphatic carbocycles. The Balaban J connectivity index is 1.58. The van der Waals surface area contributed by atoms with Gasteiger partial charge >= 0.3 is 0 Å². The Bertz CT molecular complexity index is 1040. The Morgan fingerprint density at radius 2 is 1.97 bits per heavy atom. The van der Waals surface area contributed by atoms with Crippen molar-refractivity contribution in [3.05, 3.63) is 82.8 Å². The number of methoxy groups -OCH3 is 1. The third kappa shape index (κ3) is 5.27. The number of carbonyl (C=O) groups excluding carboxylic acids is 1. The van der Waals surface area contributed by atoms with Crippen LogP contribution in [0, 0.1) is 17.1 Å². The van der Waals surface area contributed by atoms with E-state index in [0.717, 1.165) is 16.7 Å². The molecule has 3 aromatic rings. The van der Waals surface area contributed by atoms with Gasteiger partial charge in [-0.2, -0.15) is 10.4 Å². The summed E-state index contributed by atoms with van der Waals surface area (Å²) in [6.07, 6.45) is 1.96. The summed E-state index contributed by atoms with van der Waals surface area (Å²) >= 11 is 0. The minimum Gasteiger partial charge on any atom is -0.377 e. The first-order valence-corrected chi connectivity index (χ1v) is 9.12. The Kier molecular flexibility index (Phi) is 6.37. The quantitative estimate of drug-likeness (QED) is 0.663. The van der Waals surface area contributed by atoms with Crippen molar-refractivity contribution in [2.45, 2.75) is 26.0 Å². The molecule has 1 N–H and O–H groups in total. The van der Waals surface area contributed by atoms with Gasteiger partial charge < -0.3 is 10.1 Å². The van der Waals surface area contributed by atoms with Crippen molar-refractivity contribution in [1.29, 1.82) is 5.26 Å². The number of ether oxygens (including phenoxy) is 1. The molecule has 7 heteroatoms. The number of nitrogens with zero attached hydrogens (tertiary/aromatic N) is 3. The third-order valence-corrected chi connectivity index (χ3v) is 4.57. The number of halogens is 1. The van der Waals surface area contributed by atoms with Crippen LogP contribution in [-0.4, -0.2) is 22.8 Å². The summed E-state index contributed by atoms with van der Waals surface area (Å²) in [5.74, 6) is -0.284. The molecule has 1 heterocycles. The van der Waals surface area contributed by atoms with Gasteiger partial charge in [-0.3, -0.25) is 9.48 Å². The van der Waals surface area contributed by atoms with Gasteiger partial charge in [0.1, 0.15) is 11.9 Å². The predicted molar refractivity (Wildman–Crippen MR) is 107 cm³/mol. The molecule has 0 radical (unpaired) electrons. The second-order valence-corrected chi connectivity index (χ2v) is 6.67. The van der Waals surface area contributed by atoms with E-state index < -0.39 is 5.82 Å². The lowest BCUT2D eigenvalue weighted by atomic mass is 10.1. The van der Waals surface area contributed by atoms with Crippen molar-refractivity contribution in [1.82, 2.24) is 9.78 Å². The summed E-state index contributed by atoms with van der Waals surface area (Å²) in [4.78, 5) is 12.3. The van der Waals surface area contributed by atoms with Crippen molar-refractivity contribution >= 4 is 11.7 Å². The van der Waals surface area contributed by atoms with Gasteiger partial charge in [0.05, 0.1) is 24.6 Å². The number of amides is 1. The predicted octanol–water partition coefficient (Wildman–Crippen LogP) is 3.83. The first-order valence-electron chi connectivity index (χ1n) is 9.12. The standard InChI is InChI=1S/C22H21FN4O2/c1-15(29-2)18-6-3-16(4-7-18)12-22(28)25-21-9-10-27(26-21)14-17-5-8-20(23)19(11-17)13-24/h3-11,15H,12,14H2,1-2H3,(H,25,26,28). The van der Waals surface area contributed by atoms with E-state index >= 15 is 0 Å². The van der Waals surface area contributed by atoms with Crippen LogP contribution >= 0.6 is 0 Å². The Labute approximate surface area is 168 Å². The number of aromatic nitrogens is 2. The van der Waals surface area contributed by atoms with Crippen molar-refractivity contribution in [3.8, 4) is 6.07 Å². The fourth-order valence-electron chi connectivity index (χ4n) is 2.87. The minimum atomic E-state index is -0.547. The van der Waals surface area contributed by atoms with Crippen molar-refractivity contribution in [3.63, 3.8) is 0 Å². The second-order valence-electron chi connectivity index (χ2n) is 6.67. The second kappa shape index (κ2) is 9.13. The first-order chi connectivity index (χ1) is 14.0. The number of benzene rings is 2. The smallest absolute Gasteiger partial charge is 0.229 e. The summed E-state index contributed by atoms with van der Waals surface area (Å²) in [6, 6.07) is 15.6. The average molecular weight is 392 g/mol. The van der Waals surface area contributed by atoms with Crippen LogP contribution in [0.3, 0.4) is 0 Å². The van der Waals surface area contributed by atoms with Gasteiger partial charge in [-0.05, 0) is 35.7 Å². The van der Waals surface area contributed by atoms with Crippen LogP contribution < -0.4 is 5.32 Å². The molecule has 0 spiro atoms. The van der Waals surface area contributed by atoms with Gasteiger partial charge in [0, 0.05) is 19.4 Å². The van der Waals surface area contributed by atoms with Gasteiger partial charge in [0.2, 0.25) is 5.91 Å². The maximum Gasteiger partial charge on any atom is 0.229 e. The molecular weight excluding hydrogens is 371 g/mol. The molecule has 0 aliphatic heterocycles. The van der Waals surface area contributed by atoms with Gasteiger partial charge in [-0.25, -0.2) is 4.39 Å². The Morgan fingerprint density at radius 3 is 2.66 bits per heavy atom. The molecule has 29 heavy (non-hydrogen) atoms. The topological polar surface area (TPSA) is 79.9 Å². The molecule has 1 atom stereocenters. The molecule has 6 nitrogen and oxygen atoms in total. The molecule has 1 amide bonds. The molecule has 0 aliphatic rings. The number of hydrogen-bond acceptors (Lipinski definition) is 4. The molecule has 0 bridgehead atoms. The number of anilines is 1. The molecule has 2 aromatic carbocycles. The average Bonchev–Trinajstić information content (AvgIpc) is 3.15. The number of carbonyl (C=O) groups is 1. The highest BCUT2D eigenvalue weighted by Crippen LogP contribution is 2.17. The van der Waals surface area contributed by atoms with Crippen LogP contribution in [0.4, 0.5) is 10.2 Å². The molecular formula is C22H21FN4O2. The summed E-state index contributed by atoms with van der Waals surface area (Å²) < 4.78 is 20.3. The first kappa shape index (κ1) is 20.2. The molecule has 1 unspecified atom stereocenters. The SMILES string of the molecule is COC(C)c1ccc(CC(=O)Nc2ccn(Cc3ccc(F)c(C#N)c3)n2)cc1. The molecule has 0 saturated heterocycles. The van der Waals surface area contributed by atoms with E-state index in [2.05, 4.69) is 10.4 Å². The van der Waals surface area contributed by atoms with E-state index in [4.69, 9.17) is 10.00 Å². The molecule has 3 rings (SSSR count). The van der Waals surface area contributed by atoms with E-state index in [1.165, 1.54) is 12.1 Å².